The molecule has 0 amide bonds. The predicted molar refractivity (Wildman–Crippen MR) is 88.0 cm³/mol. The molecule has 1 N–H and O–H groups in total. The number of halogens is 2. The second-order valence-corrected chi connectivity index (χ2v) is 6.89. The summed E-state index contributed by atoms with van der Waals surface area (Å²) in [5, 5.41) is 0.959. The molecule has 0 aromatic heterocycles. The highest BCUT2D eigenvalue weighted by molar-refractivity contribution is 7.79. The molecule has 0 spiro atoms. The maximum atomic E-state index is 2.36. The van der Waals surface area contributed by atoms with E-state index in [1.54, 1.807) is 16.7 Å². The van der Waals surface area contributed by atoms with Crippen LogP contribution in [0.5, 0.6) is 0 Å². The van der Waals surface area contributed by atoms with Gasteiger partial charge in [-0.15, -0.1) is 0 Å². The first-order valence-corrected chi connectivity index (χ1v) is 9.39. The van der Waals surface area contributed by atoms with E-state index in [1.807, 2.05) is 0 Å². The first kappa shape index (κ1) is 26.7. The Morgan fingerprint density at radius 2 is 1.35 bits per heavy atom. The van der Waals surface area contributed by atoms with Crippen LogP contribution in [0, 0.1) is 0 Å². The van der Waals surface area contributed by atoms with Crippen molar-refractivity contribution in [2.45, 2.75) is 84.4 Å². The molecule has 0 radical (unpaired) electrons. The van der Waals surface area contributed by atoms with Gasteiger partial charge in [-0.3, -0.25) is 0 Å². The standard InChI is InChI=1S/C16H35NS.2HI/c1-6-15(17(9-4)10-5)13-11-12-14-18-16(7-2)8-3;;/h15-16H,6-14H2,1-5H3;2*1H. The Hall–Kier alpha value is 1.77. The zero-order chi connectivity index (χ0) is 13.8. The van der Waals surface area contributed by atoms with E-state index in [2.05, 4.69) is 34.6 Å². The summed E-state index contributed by atoms with van der Waals surface area (Å²) in [7, 11) is 0. The molecule has 0 aliphatic carbocycles. The topological polar surface area (TPSA) is 4.44 Å². The molecule has 1 unspecified atom stereocenters. The molecule has 0 heterocycles. The minimum absolute atomic E-state index is 0. The summed E-state index contributed by atoms with van der Waals surface area (Å²) in [5.74, 6) is 1.43. The Morgan fingerprint density at radius 3 is 1.75 bits per heavy atom. The summed E-state index contributed by atoms with van der Waals surface area (Å²) in [5.41, 5.74) is 0. The largest absolute Gasteiger partial charge is 1.00 e. The molecule has 0 saturated heterocycles. The van der Waals surface area contributed by atoms with Crippen LogP contribution < -0.4 is 52.9 Å². The normalized spacial score (nSPS) is 12.2. The zero-order valence-corrected chi connectivity index (χ0v) is 19.4. The van der Waals surface area contributed by atoms with Crippen molar-refractivity contribution in [3.8, 4) is 0 Å². The Bertz CT molecular complexity index is 174. The molecule has 20 heavy (non-hydrogen) atoms. The molecule has 1 atom stereocenters. The Kier molecular flexibility index (Phi) is 25.1. The van der Waals surface area contributed by atoms with Crippen molar-refractivity contribution < 1.29 is 52.9 Å². The highest BCUT2D eigenvalue weighted by atomic mass is 127. The summed E-state index contributed by atoms with van der Waals surface area (Å²) in [6.07, 6.45) is 8.39. The first-order valence-electron chi connectivity index (χ1n) is 8.24. The van der Waals surface area contributed by atoms with Gasteiger partial charge in [-0.1, -0.05) is 20.8 Å². The molecule has 0 fully saturated rings. The summed E-state index contributed by atoms with van der Waals surface area (Å²) < 4.78 is 0. The number of hydrogen-bond acceptors (Lipinski definition) is 0. The second-order valence-electron chi connectivity index (χ2n) is 5.34. The maximum absolute atomic E-state index is 2.36. The minimum Gasteiger partial charge on any atom is -1.00 e. The predicted octanol–water partition coefficient (Wildman–Crippen LogP) is -3.13. The van der Waals surface area contributed by atoms with E-state index in [9.17, 15) is 0 Å². The molecule has 0 aromatic carbocycles. The van der Waals surface area contributed by atoms with Crippen molar-refractivity contribution in [2.24, 2.45) is 0 Å². The highest BCUT2D eigenvalue weighted by Gasteiger charge is 2.17. The van der Waals surface area contributed by atoms with E-state index < -0.39 is 0 Å². The minimum atomic E-state index is 0. The van der Waals surface area contributed by atoms with E-state index in [4.69, 9.17) is 0 Å². The second kappa shape index (κ2) is 18.8. The number of rotatable bonds is 12. The molecule has 0 saturated carbocycles. The molecule has 4 heteroatoms. The average Bonchev–Trinajstić information content (AvgIpc) is 2.41. The van der Waals surface area contributed by atoms with E-state index in [0.29, 0.717) is 0 Å². The van der Waals surface area contributed by atoms with Gasteiger partial charge in [-0.05, 0) is 64.1 Å². The van der Waals surface area contributed by atoms with E-state index >= 15 is 0 Å². The lowest BCUT2D eigenvalue weighted by Crippen LogP contribution is -3.15. The first-order chi connectivity index (χ1) is 8.73. The van der Waals surface area contributed by atoms with Crippen LogP contribution in [-0.2, 0) is 11.8 Å². The van der Waals surface area contributed by atoms with E-state index in [0.717, 1.165) is 11.3 Å². The number of nitrogens with one attached hydrogen (secondary N) is 1. The van der Waals surface area contributed by atoms with Gasteiger partial charge in [0, 0.05) is 0 Å². The van der Waals surface area contributed by atoms with Gasteiger partial charge >= 0.3 is 0 Å². The van der Waals surface area contributed by atoms with Crippen LogP contribution in [0.15, 0.2) is 0 Å². The number of thiol groups is 1. The lowest BCUT2D eigenvalue weighted by Gasteiger charge is -2.25. The van der Waals surface area contributed by atoms with Crippen LogP contribution in [0.25, 0.3) is 0 Å². The third kappa shape index (κ3) is 12.3. The maximum Gasteiger partial charge on any atom is 0.115 e. The average molecular weight is 529 g/mol. The molecule has 0 aliphatic heterocycles. The quantitative estimate of drug-likeness (QED) is 0.118. The van der Waals surface area contributed by atoms with Crippen molar-refractivity contribution >= 4 is 11.8 Å². The van der Waals surface area contributed by atoms with Crippen LogP contribution in [-0.4, -0.2) is 30.1 Å². The molecular formula is C16H37I2NS. The summed E-state index contributed by atoms with van der Waals surface area (Å²) in [6, 6.07) is 0.907. The lowest BCUT2D eigenvalue weighted by molar-refractivity contribution is -0.922. The number of unbranched alkanes of at least 4 members (excludes halogenated alkanes) is 1. The Morgan fingerprint density at radius 1 is 0.800 bits per heavy atom. The van der Waals surface area contributed by atoms with Gasteiger partial charge in [-0.2, -0.15) is 0 Å². The molecule has 0 aliphatic rings. The molecule has 0 rings (SSSR count). The van der Waals surface area contributed by atoms with Crippen LogP contribution >= 0.6 is 0 Å². The third-order valence-corrected chi connectivity index (χ3v) is 6.09. The summed E-state index contributed by atoms with van der Waals surface area (Å²) in [4.78, 5) is 1.80. The monoisotopic (exact) mass is 529 g/mol. The fourth-order valence-corrected chi connectivity index (χ4v) is 4.14. The van der Waals surface area contributed by atoms with Gasteiger partial charge in [0.05, 0.1) is 19.1 Å². The molecule has 126 valence electrons. The Labute approximate surface area is 166 Å². The van der Waals surface area contributed by atoms with Crippen LogP contribution in [0.1, 0.15) is 73.1 Å². The van der Waals surface area contributed by atoms with E-state index in [-0.39, 0.29) is 48.0 Å². The van der Waals surface area contributed by atoms with Gasteiger partial charge in [0.2, 0.25) is 0 Å². The van der Waals surface area contributed by atoms with E-state index in [1.165, 1.54) is 57.4 Å². The van der Waals surface area contributed by atoms with Crippen molar-refractivity contribution in [2.75, 3.05) is 18.8 Å². The van der Waals surface area contributed by atoms with Crippen LogP contribution in [0.4, 0.5) is 0 Å². The fraction of sp³-hybridized carbons (Fsp3) is 1.00. The van der Waals surface area contributed by atoms with Gasteiger partial charge < -0.3 is 52.9 Å². The SMILES string of the molecule is CCC(CC)[SH+]CCCCC(CC)[NH+](CC)CC.[I-].[I-]. The third-order valence-electron chi connectivity index (χ3n) is 4.27. The lowest BCUT2D eigenvalue weighted by atomic mass is 10.1. The van der Waals surface area contributed by atoms with Gasteiger partial charge in [-0.25, -0.2) is 0 Å². The smallest absolute Gasteiger partial charge is 0.115 e. The highest BCUT2D eigenvalue weighted by Crippen LogP contribution is 2.07. The van der Waals surface area contributed by atoms with Crippen molar-refractivity contribution in [1.82, 2.24) is 0 Å². The van der Waals surface area contributed by atoms with Gasteiger partial charge in [0.1, 0.15) is 11.0 Å². The Balaban J connectivity index is -0.00000144. The molecule has 1 nitrogen and oxygen atoms in total. The van der Waals surface area contributed by atoms with Crippen molar-refractivity contribution in [3.63, 3.8) is 0 Å². The number of quaternary nitrogens is 1. The number of hydrogen-bond donors (Lipinski definition) is 1. The molecule has 0 aromatic rings. The van der Waals surface area contributed by atoms with Gasteiger partial charge in [0.25, 0.3) is 0 Å². The van der Waals surface area contributed by atoms with Gasteiger partial charge in [0.15, 0.2) is 0 Å². The summed E-state index contributed by atoms with van der Waals surface area (Å²) in [6.45, 7) is 14.3. The van der Waals surface area contributed by atoms with Crippen LogP contribution in [0.2, 0.25) is 0 Å². The van der Waals surface area contributed by atoms with Crippen molar-refractivity contribution in [3.05, 3.63) is 0 Å². The molecular weight excluding hydrogens is 492 g/mol. The summed E-state index contributed by atoms with van der Waals surface area (Å²) >= 11 is 1.70. The molecule has 0 bridgehead atoms. The zero-order valence-electron chi connectivity index (χ0n) is 14.2. The fourth-order valence-electron chi connectivity index (χ4n) is 2.85. The van der Waals surface area contributed by atoms with Crippen LogP contribution in [0.3, 0.4) is 0 Å². The van der Waals surface area contributed by atoms with Crippen molar-refractivity contribution in [1.29, 1.82) is 0 Å².